The molecule has 2 aromatic rings. The van der Waals surface area contributed by atoms with Crippen LogP contribution < -0.4 is 10.2 Å². The summed E-state index contributed by atoms with van der Waals surface area (Å²) < 4.78 is 0. The van der Waals surface area contributed by atoms with Crippen LogP contribution in [0.25, 0.3) is 0 Å². The lowest BCUT2D eigenvalue weighted by Crippen LogP contribution is -2.40. The van der Waals surface area contributed by atoms with E-state index in [1.165, 1.54) is 19.3 Å². The molecule has 2 N–H and O–H groups in total. The number of rotatable bonds is 9. The fraction of sp³-hybridized carbons (Fsp3) is 0.483. The van der Waals surface area contributed by atoms with Gasteiger partial charge in [-0.2, -0.15) is 5.26 Å². The van der Waals surface area contributed by atoms with Crippen molar-refractivity contribution in [3.05, 3.63) is 59.2 Å². The molecule has 0 bridgehead atoms. The Morgan fingerprint density at radius 3 is 2.43 bits per heavy atom. The lowest BCUT2D eigenvalue weighted by molar-refractivity contribution is -0.138. The lowest BCUT2D eigenvalue weighted by Gasteiger charge is -2.38. The van der Waals surface area contributed by atoms with Crippen molar-refractivity contribution in [3.8, 4) is 6.07 Å². The van der Waals surface area contributed by atoms with Gasteiger partial charge >= 0.3 is 5.97 Å². The van der Waals surface area contributed by atoms with E-state index in [4.69, 9.17) is 5.26 Å². The standard InChI is InChI=1S/C29H35N3O3/c1-19(2)18-32(23-6-4-3-5-7-23)27-13-12-22(24-16-25(24)29(34)35)15-26(27)31-28(33)14-20-8-10-21(17-30)11-9-20/h8-13,15,19,23-25H,3-7,14,16,18H2,1-2H3,(H,31,33)(H,34,35). The molecule has 0 radical (unpaired) electrons. The Balaban J connectivity index is 1.62. The number of amides is 1. The third-order valence-corrected chi connectivity index (χ3v) is 7.16. The number of carboxylic acid groups (broad SMARTS) is 1. The van der Waals surface area contributed by atoms with Crippen LogP contribution in [0.2, 0.25) is 0 Å². The molecule has 2 aliphatic carbocycles. The van der Waals surface area contributed by atoms with Crippen molar-refractivity contribution in [2.24, 2.45) is 11.8 Å². The zero-order valence-corrected chi connectivity index (χ0v) is 20.7. The minimum Gasteiger partial charge on any atom is -0.481 e. The maximum atomic E-state index is 13.1. The van der Waals surface area contributed by atoms with Gasteiger partial charge in [-0.05, 0) is 66.5 Å². The first-order valence-corrected chi connectivity index (χ1v) is 12.8. The van der Waals surface area contributed by atoms with E-state index >= 15 is 0 Å². The Bertz CT molecular complexity index is 1100. The van der Waals surface area contributed by atoms with Crippen molar-refractivity contribution in [2.45, 2.75) is 70.8 Å². The number of nitriles is 1. The Morgan fingerprint density at radius 2 is 1.83 bits per heavy atom. The maximum absolute atomic E-state index is 13.1. The highest BCUT2D eigenvalue weighted by Gasteiger charge is 2.44. The van der Waals surface area contributed by atoms with Crippen LogP contribution in [-0.2, 0) is 16.0 Å². The highest BCUT2D eigenvalue weighted by atomic mass is 16.4. The summed E-state index contributed by atoms with van der Waals surface area (Å²) in [5, 5.41) is 21.6. The second kappa shape index (κ2) is 10.9. The fourth-order valence-corrected chi connectivity index (χ4v) is 5.28. The van der Waals surface area contributed by atoms with Crippen LogP contribution in [0.5, 0.6) is 0 Å². The Morgan fingerprint density at radius 1 is 1.11 bits per heavy atom. The highest BCUT2D eigenvalue weighted by Crippen LogP contribution is 2.49. The molecule has 4 rings (SSSR count). The zero-order chi connectivity index (χ0) is 24.9. The van der Waals surface area contributed by atoms with Crippen molar-refractivity contribution >= 4 is 23.3 Å². The Labute approximate surface area is 208 Å². The van der Waals surface area contributed by atoms with Crippen molar-refractivity contribution in [1.29, 1.82) is 5.26 Å². The summed E-state index contributed by atoms with van der Waals surface area (Å²) in [6, 6.07) is 15.7. The van der Waals surface area contributed by atoms with Crippen LogP contribution in [0.4, 0.5) is 11.4 Å². The van der Waals surface area contributed by atoms with Crippen LogP contribution in [0.15, 0.2) is 42.5 Å². The first kappa shape index (κ1) is 24.8. The monoisotopic (exact) mass is 473 g/mol. The molecule has 0 spiro atoms. The molecular formula is C29H35N3O3. The molecule has 6 heteroatoms. The third kappa shape index (κ3) is 6.22. The smallest absolute Gasteiger partial charge is 0.307 e. The molecule has 0 aromatic heterocycles. The van der Waals surface area contributed by atoms with Crippen LogP contribution in [-0.4, -0.2) is 29.6 Å². The van der Waals surface area contributed by atoms with E-state index in [9.17, 15) is 14.7 Å². The van der Waals surface area contributed by atoms with Crippen LogP contribution in [0, 0.1) is 23.2 Å². The van der Waals surface area contributed by atoms with Gasteiger partial charge in [-0.15, -0.1) is 0 Å². The predicted octanol–water partition coefficient (Wildman–Crippen LogP) is 5.72. The van der Waals surface area contributed by atoms with E-state index in [-0.39, 0.29) is 24.2 Å². The molecule has 6 nitrogen and oxygen atoms in total. The van der Waals surface area contributed by atoms with Crippen LogP contribution >= 0.6 is 0 Å². The van der Waals surface area contributed by atoms with Gasteiger partial charge in [0.2, 0.25) is 5.91 Å². The number of nitrogens with zero attached hydrogens (tertiary/aromatic N) is 2. The van der Waals surface area contributed by atoms with Crippen molar-refractivity contribution < 1.29 is 14.7 Å². The van der Waals surface area contributed by atoms with E-state index in [2.05, 4.69) is 42.3 Å². The number of benzene rings is 2. The average Bonchev–Trinajstić information content (AvgIpc) is 3.65. The fourth-order valence-electron chi connectivity index (χ4n) is 5.28. The summed E-state index contributed by atoms with van der Waals surface area (Å²) in [5.41, 5.74) is 4.18. The quantitative estimate of drug-likeness (QED) is 0.486. The van der Waals surface area contributed by atoms with Crippen LogP contribution in [0.3, 0.4) is 0 Å². The molecule has 0 heterocycles. The predicted molar refractivity (Wildman–Crippen MR) is 137 cm³/mol. The van der Waals surface area contributed by atoms with Gasteiger partial charge in [0.1, 0.15) is 0 Å². The molecule has 2 unspecified atom stereocenters. The number of carboxylic acids is 1. The normalized spacial score (nSPS) is 19.7. The zero-order valence-electron chi connectivity index (χ0n) is 20.7. The van der Waals surface area contributed by atoms with Gasteiger partial charge in [0.15, 0.2) is 0 Å². The Kier molecular flexibility index (Phi) is 7.75. The lowest BCUT2D eigenvalue weighted by atomic mass is 9.92. The molecule has 2 aromatic carbocycles. The van der Waals surface area contributed by atoms with E-state index in [0.29, 0.717) is 23.9 Å². The third-order valence-electron chi connectivity index (χ3n) is 7.16. The second-order valence-electron chi connectivity index (χ2n) is 10.4. The number of carbonyl (C=O) groups is 2. The van der Waals surface area contributed by atoms with Gasteiger partial charge in [-0.25, -0.2) is 0 Å². The first-order valence-electron chi connectivity index (χ1n) is 12.8. The first-order chi connectivity index (χ1) is 16.9. The number of anilines is 2. The molecule has 2 atom stereocenters. The number of nitrogens with one attached hydrogen (secondary N) is 1. The molecule has 0 saturated heterocycles. The van der Waals surface area contributed by atoms with E-state index < -0.39 is 5.97 Å². The number of carbonyl (C=O) groups excluding carboxylic acids is 1. The minimum absolute atomic E-state index is 0.00366. The summed E-state index contributed by atoms with van der Waals surface area (Å²) in [6.07, 6.45) is 6.88. The maximum Gasteiger partial charge on any atom is 0.307 e. The van der Waals surface area contributed by atoms with Gasteiger partial charge in [0.05, 0.1) is 35.3 Å². The average molecular weight is 474 g/mol. The highest BCUT2D eigenvalue weighted by molar-refractivity contribution is 5.96. The minimum atomic E-state index is -0.755. The number of hydrogen-bond donors (Lipinski definition) is 2. The van der Waals surface area contributed by atoms with Gasteiger partial charge in [0.25, 0.3) is 0 Å². The topological polar surface area (TPSA) is 93.4 Å². The Hall–Kier alpha value is -3.33. The SMILES string of the molecule is CC(C)CN(c1ccc(C2CC2C(=O)O)cc1NC(=O)Cc1ccc(C#N)cc1)C1CCCCC1. The molecule has 0 aliphatic heterocycles. The molecule has 2 fully saturated rings. The van der Waals surface area contributed by atoms with E-state index in [1.807, 2.05) is 18.2 Å². The summed E-state index contributed by atoms with van der Waals surface area (Å²) in [6.45, 7) is 5.34. The van der Waals surface area contributed by atoms with Crippen molar-refractivity contribution in [1.82, 2.24) is 0 Å². The van der Waals surface area contributed by atoms with Crippen molar-refractivity contribution in [2.75, 3.05) is 16.8 Å². The summed E-state index contributed by atoms with van der Waals surface area (Å²) in [4.78, 5) is 27.0. The van der Waals surface area contributed by atoms with Gasteiger partial charge < -0.3 is 15.3 Å². The molecular weight excluding hydrogens is 438 g/mol. The van der Waals surface area contributed by atoms with Crippen LogP contribution in [0.1, 0.15) is 75.0 Å². The van der Waals surface area contributed by atoms with Gasteiger partial charge in [0, 0.05) is 12.6 Å². The largest absolute Gasteiger partial charge is 0.481 e. The summed E-state index contributed by atoms with van der Waals surface area (Å²) in [5.74, 6) is -0.739. The number of aliphatic carboxylic acids is 1. The summed E-state index contributed by atoms with van der Waals surface area (Å²) in [7, 11) is 0. The molecule has 184 valence electrons. The molecule has 2 saturated carbocycles. The van der Waals surface area contributed by atoms with Gasteiger partial charge in [-0.1, -0.05) is 51.3 Å². The van der Waals surface area contributed by atoms with Gasteiger partial charge in [-0.3, -0.25) is 9.59 Å². The number of hydrogen-bond acceptors (Lipinski definition) is 4. The molecule has 2 aliphatic rings. The summed E-state index contributed by atoms with van der Waals surface area (Å²) >= 11 is 0. The molecule has 1 amide bonds. The van der Waals surface area contributed by atoms with E-state index in [0.717, 1.165) is 41.9 Å². The second-order valence-corrected chi connectivity index (χ2v) is 10.4. The molecule has 35 heavy (non-hydrogen) atoms. The van der Waals surface area contributed by atoms with Crippen molar-refractivity contribution in [3.63, 3.8) is 0 Å². The van der Waals surface area contributed by atoms with E-state index in [1.54, 1.807) is 12.1 Å².